The first kappa shape index (κ1) is 14.4. The summed E-state index contributed by atoms with van der Waals surface area (Å²) in [6, 6.07) is 7.38. The molecule has 0 aliphatic heterocycles. The molecule has 0 fully saturated rings. The largest absolute Gasteiger partial charge is 0.368 e. The first-order valence-electron chi connectivity index (χ1n) is 4.39. The highest BCUT2D eigenvalue weighted by Crippen LogP contribution is 2.12. The highest BCUT2D eigenvalue weighted by Gasteiger charge is 2.08. The molecule has 5 heteroatoms. The molecule has 1 amide bonds. The van der Waals surface area contributed by atoms with Gasteiger partial charge in [0, 0.05) is 4.47 Å². The maximum atomic E-state index is 10.7. The van der Waals surface area contributed by atoms with Gasteiger partial charge in [0.25, 0.3) is 0 Å². The Balaban J connectivity index is 0.00000196. The number of halogens is 2. The zero-order chi connectivity index (χ0) is 10.6. The lowest BCUT2D eigenvalue weighted by Crippen LogP contribution is -2.36. The van der Waals surface area contributed by atoms with Crippen LogP contribution >= 0.6 is 28.3 Å². The SMILES string of the molecule is Cl.NC(=O)C(N)CCc1ccc(Br)cc1. The van der Waals surface area contributed by atoms with E-state index >= 15 is 0 Å². The second kappa shape index (κ2) is 6.82. The molecule has 0 bridgehead atoms. The molecule has 0 radical (unpaired) electrons. The van der Waals surface area contributed by atoms with Gasteiger partial charge in [-0.2, -0.15) is 0 Å². The molecule has 1 atom stereocenters. The fourth-order valence-corrected chi connectivity index (χ4v) is 1.38. The van der Waals surface area contributed by atoms with Crippen LogP contribution in [0.15, 0.2) is 28.7 Å². The van der Waals surface area contributed by atoms with Crippen LogP contribution in [0.4, 0.5) is 0 Å². The molecule has 4 N–H and O–H groups in total. The van der Waals surface area contributed by atoms with Crippen molar-refractivity contribution >= 4 is 34.2 Å². The summed E-state index contributed by atoms with van der Waals surface area (Å²) in [7, 11) is 0. The Morgan fingerprint density at radius 1 is 1.33 bits per heavy atom. The van der Waals surface area contributed by atoms with Gasteiger partial charge in [-0.15, -0.1) is 12.4 Å². The van der Waals surface area contributed by atoms with Crippen molar-refractivity contribution in [2.45, 2.75) is 18.9 Å². The highest BCUT2D eigenvalue weighted by atomic mass is 79.9. The van der Waals surface area contributed by atoms with Crippen LogP contribution in [0, 0.1) is 0 Å². The molecular weight excluding hydrogens is 279 g/mol. The molecule has 3 nitrogen and oxygen atoms in total. The molecule has 1 rings (SSSR count). The van der Waals surface area contributed by atoms with E-state index in [1.807, 2.05) is 24.3 Å². The van der Waals surface area contributed by atoms with Crippen LogP contribution in [0.3, 0.4) is 0 Å². The zero-order valence-corrected chi connectivity index (χ0v) is 10.6. The third-order valence-corrected chi connectivity index (χ3v) is 2.55. The minimum absolute atomic E-state index is 0. The number of benzene rings is 1. The number of carbonyl (C=O) groups excluding carboxylic acids is 1. The van der Waals surface area contributed by atoms with Crippen molar-refractivity contribution in [3.05, 3.63) is 34.3 Å². The van der Waals surface area contributed by atoms with Crippen LogP contribution in [-0.4, -0.2) is 11.9 Å². The maximum absolute atomic E-state index is 10.7. The van der Waals surface area contributed by atoms with Gasteiger partial charge in [-0.05, 0) is 30.5 Å². The van der Waals surface area contributed by atoms with Crippen molar-refractivity contribution in [2.24, 2.45) is 11.5 Å². The van der Waals surface area contributed by atoms with Crippen molar-refractivity contribution in [1.82, 2.24) is 0 Å². The van der Waals surface area contributed by atoms with Gasteiger partial charge in [0.05, 0.1) is 6.04 Å². The summed E-state index contributed by atoms with van der Waals surface area (Å²) in [5.74, 6) is -0.442. The van der Waals surface area contributed by atoms with Crippen molar-refractivity contribution in [2.75, 3.05) is 0 Å². The van der Waals surface area contributed by atoms with Crippen LogP contribution < -0.4 is 11.5 Å². The Morgan fingerprint density at radius 3 is 2.33 bits per heavy atom. The van der Waals surface area contributed by atoms with E-state index in [-0.39, 0.29) is 12.4 Å². The summed E-state index contributed by atoms with van der Waals surface area (Å²) < 4.78 is 1.04. The lowest BCUT2D eigenvalue weighted by molar-refractivity contribution is -0.119. The average molecular weight is 294 g/mol. The Hall–Kier alpha value is -0.580. The first-order chi connectivity index (χ1) is 6.59. The molecule has 84 valence electrons. The standard InChI is InChI=1S/C10H13BrN2O.ClH/c11-8-4-1-7(2-5-8)3-6-9(12)10(13)14;/h1-2,4-5,9H,3,6,12H2,(H2,13,14);1H. The number of nitrogens with two attached hydrogens (primary N) is 2. The average Bonchev–Trinajstić information content (AvgIpc) is 2.16. The summed E-state index contributed by atoms with van der Waals surface area (Å²) >= 11 is 3.35. The molecule has 0 aromatic heterocycles. The number of rotatable bonds is 4. The van der Waals surface area contributed by atoms with Crippen LogP contribution in [0.5, 0.6) is 0 Å². The van der Waals surface area contributed by atoms with E-state index < -0.39 is 11.9 Å². The predicted molar refractivity (Wildman–Crippen MR) is 66.9 cm³/mol. The van der Waals surface area contributed by atoms with Gasteiger partial charge in [0.2, 0.25) is 5.91 Å². The number of primary amides is 1. The Kier molecular flexibility index (Phi) is 6.56. The van der Waals surface area contributed by atoms with Crippen LogP contribution in [0.1, 0.15) is 12.0 Å². The number of hydrogen-bond acceptors (Lipinski definition) is 2. The normalized spacial score (nSPS) is 11.6. The van der Waals surface area contributed by atoms with Crippen molar-refractivity contribution < 1.29 is 4.79 Å². The molecule has 0 spiro atoms. The summed E-state index contributed by atoms with van der Waals surface area (Å²) in [5.41, 5.74) is 11.7. The lowest BCUT2D eigenvalue weighted by Gasteiger charge is -2.06. The molecule has 0 aliphatic rings. The Bertz CT molecular complexity index is 316. The van der Waals surface area contributed by atoms with Crippen molar-refractivity contribution in [1.29, 1.82) is 0 Å². The molecule has 0 saturated heterocycles. The lowest BCUT2D eigenvalue weighted by atomic mass is 10.1. The molecule has 0 heterocycles. The van der Waals surface area contributed by atoms with Gasteiger partial charge >= 0.3 is 0 Å². The molecule has 1 aromatic rings. The van der Waals surface area contributed by atoms with E-state index in [0.29, 0.717) is 6.42 Å². The second-order valence-corrected chi connectivity index (χ2v) is 4.09. The van der Waals surface area contributed by atoms with Gasteiger partial charge in [0.15, 0.2) is 0 Å². The van der Waals surface area contributed by atoms with E-state index in [9.17, 15) is 4.79 Å². The second-order valence-electron chi connectivity index (χ2n) is 3.17. The summed E-state index contributed by atoms with van der Waals surface area (Å²) in [4.78, 5) is 10.7. The van der Waals surface area contributed by atoms with E-state index in [4.69, 9.17) is 11.5 Å². The monoisotopic (exact) mass is 292 g/mol. The van der Waals surface area contributed by atoms with Gasteiger partial charge < -0.3 is 11.5 Å². The molecular formula is C10H14BrClN2O. The van der Waals surface area contributed by atoms with Gasteiger partial charge in [-0.25, -0.2) is 0 Å². The fourth-order valence-electron chi connectivity index (χ4n) is 1.12. The third kappa shape index (κ3) is 5.16. The first-order valence-corrected chi connectivity index (χ1v) is 5.18. The fraction of sp³-hybridized carbons (Fsp3) is 0.300. The molecule has 0 aliphatic carbocycles. The molecule has 1 aromatic carbocycles. The third-order valence-electron chi connectivity index (χ3n) is 2.02. The zero-order valence-electron chi connectivity index (χ0n) is 8.15. The van der Waals surface area contributed by atoms with E-state index in [1.54, 1.807) is 0 Å². The summed E-state index contributed by atoms with van der Waals surface area (Å²) in [5, 5.41) is 0. The molecule has 1 unspecified atom stereocenters. The van der Waals surface area contributed by atoms with Gasteiger partial charge in [-0.3, -0.25) is 4.79 Å². The van der Waals surface area contributed by atoms with E-state index in [0.717, 1.165) is 16.5 Å². The minimum atomic E-state index is -0.543. The highest BCUT2D eigenvalue weighted by molar-refractivity contribution is 9.10. The number of aryl methyl sites for hydroxylation is 1. The van der Waals surface area contributed by atoms with E-state index in [1.165, 1.54) is 0 Å². The summed E-state index contributed by atoms with van der Waals surface area (Å²) in [6.45, 7) is 0. The van der Waals surface area contributed by atoms with Crippen LogP contribution in [0.2, 0.25) is 0 Å². The summed E-state index contributed by atoms with van der Waals surface area (Å²) in [6.07, 6.45) is 1.37. The number of hydrogen-bond donors (Lipinski definition) is 2. The number of carbonyl (C=O) groups is 1. The maximum Gasteiger partial charge on any atom is 0.234 e. The van der Waals surface area contributed by atoms with Crippen molar-refractivity contribution in [3.63, 3.8) is 0 Å². The smallest absolute Gasteiger partial charge is 0.234 e. The quantitative estimate of drug-likeness (QED) is 0.885. The molecule has 0 saturated carbocycles. The molecule has 15 heavy (non-hydrogen) atoms. The number of amides is 1. The van der Waals surface area contributed by atoms with Crippen LogP contribution in [-0.2, 0) is 11.2 Å². The van der Waals surface area contributed by atoms with Gasteiger partial charge in [0.1, 0.15) is 0 Å². The Morgan fingerprint density at radius 2 is 1.87 bits per heavy atom. The van der Waals surface area contributed by atoms with Crippen LogP contribution in [0.25, 0.3) is 0 Å². The predicted octanol–water partition coefficient (Wildman–Crippen LogP) is 1.62. The minimum Gasteiger partial charge on any atom is -0.368 e. The van der Waals surface area contributed by atoms with E-state index in [2.05, 4.69) is 15.9 Å². The Labute approximate surface area is 104 Å². The van der Waals surface area contributed by atoms with Gasteiger partial charge in [-0.1, -0.05) is 28.1 Å². The topological polar surface area (TPSA) is 69.1 Å². The van der Waals surface area contributed by atoms with Crippen molar-refractivity contribution in [3.8, 4) is 0 Å².